The van der Waals surface area contributed by atoms with Crippen LogP contribution in [0, 0.1) is 0 Å². The fourth-order valence-corrected chi connectivity index (χ4v) is 3.63. The molecule has 3 rings (SSSR count). The van der Waals surface area contributed by atoms with E-state index in [9.17, 15) is 4.79 Å². The van der Waals surface area contributed by atoms with Gasteiger partial charge in [-0.05, 0) is 47.5 Å². The predicted octanol–water partition coefficient (Wildman–Crippen LogP) is 3.47. The molecule has 1 unspecified atom stereocenters. The number of benzene rings is 1. The molecular weight excluding hydrogens is 428 g/mol. The average Bonchev–Trinajstić information content (AvgIpc) is 3.14. The Morgan fingerprint density at radius 3 is 2.93 bits per heavy atom. The summed E-state index contributed by atoms with van der Waals surface area (Å²) >= 11 is 3.54. The van der Waals surface area contributed by atoms with Crippen LogP contribution in [0.25, 0.3) is 0 Å². The molecule has 0 fully saturated rings. The van der Waals surface area contributed by atoms with Crippen molar-refractivity contribution in [3.63, 3.8) is 0 Å². The summed E-state index contributed by atoms with van der Waals surface area (Å²) in [6.45, 7) is 7.90. The third-order valence-corrected chi connectivity index (χ3v) is 4.79. The highest BCUT2D eigenvalue weighted by Crippen LogP contribution is 2.42. The number of rotatable bonds is 7. The maximum absolute atomic E-state index is 12.8. The van der Waals surface area contributed by atoms with Gasteiger partial charge in [-0.3, -0.25) is 0 Å². The summed E-state index contributed by atoms with van der Waals surface area (Å²) in [5.74, 6) is 1.22. The molecule has 0 aliphatic carbocycles. The van der Waals surface area contributed by atoms with Gasteiger partial charge in [0, 0.05) is 5.70 Å². The maximum Gasteiger partial charge on any atom is 0.338 e. The lowest BCUT2D eigenvalue weighted by molar-refractivity contribution is -0.138. The topological polar surface area (TPSA) is 87.5 Å². The number of anilines is 1. The Hall–Kier alpha value is -2.81. The van der Waals surface area contributed by atoms with Crippen LogP contribution in [0.4, 0.5) is 5.95 Å². The molecule has 28 heavy (non-hydrogen) atoms. The van der Waals surface area contributed by atoms with Crippen molar-refractivity contribution in [3.8, 4) is 11.5 Å². The lowest BCUT2D eigenvalue weighted by atomic mass is 9.95. The van der Waals surface area contributed by atoms with Gasteiger partial charge in [0.05, 0.1) is 23.8 Å². The van der Waals surface area contributed by atoms with Crippen LogP contribution in [0.1, 0.15) is 25.5 Å². The Labute approximate surface area is 171 Å². The Morgan fingerprint density at radius 2 is 2.25 bits per heavy atom. The van der Waals surface area contributed by atoms with Crippen molar-refractivity contribution in [1.29, 1.82) is 0 Å². The summed E-state index contributed by atoms with van der Waals surface area (Å²) in [6.07, 6.45) is 2.96. The molecular formula is C19H21BrN4O4. The number of allylic oxidation sites excluding steroid dienone is 1. The van der Waals surface area contributed by atoms with E-state index < -0.39 is 12.0 Å². The number of carbonyl (C=O) groups is 1. The van der Waals surface area contributed by atoms with E-state index in [2.05, 4.69) is 37.9 Å². The average molecular weight is 449 g/mol. The van der Waals surface area contributed by atoms with Crippen LogP contribution in [0.5, 0.6) is 11.5 Å². The number of methoxy groups -OCH3 is 1. The van der Waals surface area contributed by atoms with Crippen LogP contribution >= 0.6 is 15.9 Å². The fraction of sp³-hybridized carbons (Fsp3) is 0.316. The summed E-state index contributed by atoms with van der Waals surface area (Å²) in [5, 5.41) is 7.40. The first-order valence-electron chi connectivity index (χ1n) is 8.67. The van der Waals surface area contributed by atoms with Gasteiger partial charge in [-0.25, -0.2) is 9.48 Å². The molecule has 0 amide bonds. The number of nitrogens with one attached hydrogen (secondary N) is 1. The van der Waals surface area contributed by atoms with Crippen LogP contribution < -0.4 is 14.8 Å². The van der Waals surface area contributed by atoms with Crippen molar-refractivity contribution in [2.75, 3.05) is 25.6 Å². The third kappa shape index (κ3) is 3.62. The number of carbonyl (C=O) groups excluding carboxylic acids is 1. The summed E-state index contributed by atoms with van der Waals surface area (Å²) < 4.78 is 18.8. The first-order valence-corrected chi connectivity index (χ1v) is 9.46. The van der Waals surface area contributed by atoms with Crippen molar-refractivity contribution >= 4 is 27.8 Å². The molecule has 1 aliphatic rings. The molecule has 1 aromatic carbocycles. The van der Waals surface area contributed by atoms with E-state index in [4.69, 9.17) is 14.2 Å². The van der Waals surface area contributed by atoms with Crippen LogP contribution in [0.15, 0.2) is 46.9 Å². The molecule has 0 radical (unpaired) electrons. The summed E-state index contributed by atoms with van der Waals surface area (Å²) in [5.41, 5.74) is 1.84. The SMILES string of the molecule is C=CCOC(=O)C1=C(C)Nc2ncnn2C1c1cc(Br)c(OCC)c(OC)c1. The van der Waals surface area contributed by atoms with E-state index in [0.29, 0.717) is 39.8 Å². The lowest BCUT2D eigenvalue weighted by Crippen LogP contribution is -2.29. The van der Waals surface area contributed by atoms with Gasteiger partial charge in [0.25, 0.3) is 0 Å². The van der Waals surface area contributed by atoms with Crippen molar-refractivity contribution in [3.05, 3.63) is 52.4 Å². The molecule has 8 nitrogen and oxygen atoms in total. The molecule has 2 aromatic rings. The molecule has 148 valence electrons. The number of nitrogens with zero attached hydrogens (tertiary/aromatic N) is 3. The van der Waals surface area contributed by atoms with Crippen LogP contribution in [-0.2, 0) is 9.53 Å². The van der Waals surface area contributed by atoms with Gasteiger partial charge in [-0.2, -0.15) is 10.1 Å². The monoisotopic (exact) mass is 448 g/mol. The van der Waals surface area contributed by atoms with Crippen LogP contribution in [-0.4, -0.2) is 41.1 Å². The largest absolute Gasteiger partial charge is 0.493 e. The highest BCUT2D eigenvalue weighted by Gasteiger charge is 2.35. The van der Waals surface area contributed by atoms with Gasteiger partial charge in [-0.1, -0.05) is 12.7 Å². The van der Waals surface area contributed by atoms with Gasteiger partial charge in [0.1, 0.15) is 19.0 Å². The molecule has 9 heteroatoms. The molecule has 0 saturated carbocycles. The van der Waals surface area contributed by atoms with E-state index in [1.165, 1.54) is 12.4 Å². The number of fused-ring (bicyclic) bond motifs is 1. The van der Waals surface area contributed by atoms with Crippen molar-refractivity contribution in [2.45, 2.75) is 19.9 Å². The second-order valence-corrected chi connectivity index (χ2v) is 6.80. The first kappa shape index (κ1) is 19.9. The molecule has 0 spiro atoms. The van der Waals surface area contributed by atoms with Gasteiger partial charge in [-0.15, -0.1) is 0 Å². The van der Waals surface area contributed by atoms with E-state index in [0.717, 1.165) is 5.56 Å². The summed E-state index contributed by atoms with van der Waals surface area (Å²) in [4.78, 5) is 17.0. The molecule has 1 aliphatic heterocycles. The first-order chi connectivity index (χ1) is 13.5. The van der Waals surface area contributed by atoms with Crippen LogP contribution in [0.2, 0.25) is 0 Å². The maximum atomic E-state index is 12.8. The molecule has 1 atom stereocenters. The lowest BCUT2D eigenvalue weighted by Gasteiger charge is -2.28. The van der Waals surface area contributed by atoms with E-state index >= 15 is 0 Å². The van der Waals surface area contributed by atoms with Gasteiger partial charge in [0.2, 0.25) is 5.95 Å². The fourth-order valence-electron chi connectivity index (χ4n) is 3.06. The normalized spacial score (nSPS) is 15.5. The number of hydrogen-bond donors (Lipinski definition) is 1. The quantitative estimate of drug-likeness (QED) is 0.512. The number of hydrogen-bond acceptors (Lipinski definition) is 7. The van der Waals surface area contributed by atoms with Crippen molar-refractivity contribution in [1.82, 2.24) is 14.8 Å². The van der Waals surface area contributed by atoms with Gasteiger partial charge in [0.15, 0.2) is 11.5 Å². The number of esters is 1. The van der Waals surface area contributed by atoms with Gasteiger partial charge < -0.3 is 19.5 Å². The standard InChI is InChI=1S/C19H21BrN4O4/c1-5-7-28-18(25)15-11(3)23-19-21-10-22-24(19)16(15)12-8-13(20)17(27-6-2)14(9-12)26-4/h5,8-10,16H,1,6-7H2,2-4H3,(H,21,22,23). The molecule has 1 aromatic heterocycles. The zero-order chi connectivity index (χ0) is 20.3. The third-order valence-electron chi connectivity index (χ3n) is 4.20. The zero-order valence-corrected chi connectivity index (χ0v) is 17.4. The van der Waals surface area contributed by atoms with Crippen molar-refractivity contribution < 1.29 is 19.0 Å². The number of aromatic nitrogens is 3. The highest BCUT2D eigenvalue weighted by molar-refractivity contribution is 9.10. The zero-order valence-electron chi connectivity index (χ0n) is 15.9. The minimum atomic E-state index is -0.544. The molecule has 2 heterocycles. The smallest absolute Gasteiger partial charge is 0.338 e. The summed E-state index contributed by atoms with van der Waals surface area (Å²) in [6, 6.07) is 3.16. The Morgan fingerprint density at radius 1 is 1.46 bits per heavy atom. The number of ether oxygens (including phenoxy) is 3. The van der Waals surface area contributed by atoms with Crippen LogP contribution in [0.3, 0.4) is 0 Å². The molecule has 1 N–H and O–H groups in total. The minimum Gasteiger partial charge on any atom is -0.493 e. The predicted molar refractivity (Wildman–Crippen MR) is 108 cm³/mol. The minimum absolute atomic E-state index is 0.114. The van der Waals surface area contributed by atoms with E-state index in [1.807, 2.05) is 19.1 Å². The van der Waals surface area contributed by atoms with Gasteiger partial charge >= 0.3 is 5.97 Å². The highest BCUT2D eigenvalue weighted by atomic mass is 79.9. The summed E-state index contributed by atoms with van der Waals surface area (Å²) in [7, 11) is 1.57. The van der Waals surface area contributed by atoms with Crippen molar-refractivity contribution in [2.24, 2.45) is 0 Å². The number of halogens is 1. The second-order valence-electron chi connectivity index (χ2n) is 5.95. The van der Waals surface area contributed by atoms with E-state index in [-0.39, 0.29) is 6.61 Å². The Balaban J connectivity index is 2.15. The second kappa shape index (κ2) is 8.47. The molecule has 0 bridgehead atoms. The Bertz CT molecular complexity index is 938. The Kier molecular flexibility index (Phi) is 6.03. The molecule has 0 saturated heterocycles. The van der Waals surface area contributed by atoms with E-state index in [1.54, 1.807) is 18.7 Å².